The summed E-state index contributed by atoms with van der Waals surface area (Å²) in [6.45, 7) is 1.66. The summed E-state index contributed by atoms with van der Waals surface area (Å²) in [5.41, 5.74) is 0.539. The van der Waals surface area contributed by atoms with Gasteiger partial charge in [-0.05, 0) is 42.5 Å². The van der Waals surface area contributed by atoms with Crippen LogP contribution >= 0.6 is 11.6 Å². The van der Waals surface area contributed by atoms with Gasteiger partial charge in [-0.15, -0.1) is 0 Å². The molecule has 0 radical (unpaired) electrons. The Morgan fingerprint density at radius 3 is 2.20 bits per heavy atom. The van der Waals surface area contributed by atoms with Crippen LogP contribution in [0.25, 0.3) is 0 Å². The van der Waals surface area contributed by atoms with Crippen LogP contribution in [0.1, 0.15) is 66.8 Å². The van der Waals surface area contributed by atoms with Crippen molar-refractivity contribution in [3.63, 3.8) is 0 Å². The monoisotopic (exact) mass is 652 g/mol. The van der Waals surface area contributed by atoms with Crippen molar-refractivity contribution in [2.75, 3.05) is 23.9 Å². The predicted molar refractivity (Wildman–Crippen MR) is 159 cm³/mol. The number of halogens is 4. The second-order valence-electron chi connectivity index (χ2n) is 11.6. The molecule has 1 fully saturated rings. The van der Waals surface area contributed by atoms with Gasteiger partial charge in [-0.25, -0.2) is 8.42 Å². The van der Waals surface area contributed by atoms with E-state index in [0.717, 1.165) is 24.7 Å². The van der Waals surface area contributed by atoms with E-state index in [4.69, 9.17) is 16.3 Å². The molecule has 0 spiro atoms. The fourth-order valence-electron chi connectivity index (χ4n) is 4.47. The second-order valence-corrected chi connectivity index (χ2v) is 14.2. The number of anilines is 1. The quantitative estimate of drug-likeness (QED) is 0.216. The number of benzene rings is 2. The van der Waals surface area contributed by atoms with E-state index in [-0.39, 0.29) is 36.8 Å². The summed E-state index contributed by atoms with van der Waals surface area (Å²) in [7, 11) is -3.48. The van der Waals surface area contributed by atoms with Crippen LogP contribution < -0.4 is 10.1 Å². The lowest BCUT2D eigenvalue weighted by atomic mass is 9.82. The van der Waals surface area contributed by atoms with Crippen molar-refractivity contribution in [1.82, 2.24) is 15.0 Å². The topological polar surface area (TPSA) is 128 Å². The molecular formula is C30H32ClF3N4O5S. The lowest BCUT2D eigenvalue weighted by Crippen LogP contribution is -2.31. The van der Waals surface area contributed by atoms with Gasteiger partial charge in [-0.1, -0.05) is 61.8 Å². The molecule has 0 amide bonds. The van der Waals surface area contributed by atoms with Crippen LogP contribution in [0.2, 0.25) is 5.02 Å². The van der Waals surface area contributed by atoms with Gasteiger partial charge in [-0.2, -0.15) is 28.1 Å². The maximum absolute atomic E-state index is 12.9. The van der Waals surface area contributed by atoms with Gasteiger partial charge in [0.05, 0.1) is 5.54 Å². The minimum atomic E-state index is -4.58. The zero-order valence-corrected chi connectivity index (χ0v) is 25.9. The van der Waals surface area contributed by atoms with Gasteiger partial charge in [-0.3, -0.25) is 9.59 Å². The highest BCUT2D eigenvalue weighted by Crippen LogP contribution is 2.48. The highest BCUT2D eigenvalue weighted by Gasteiger charge is 2.45. The summed E-state index contributed by atoms with van der Waals surface area (Å²) in [6.07, 6.45) is -1.74. The minimum absolute atomic E-state index is 0.0413. The lowest BCUT2D eigenvalue weighted by molar-refractivity contribution is -0.154. The Balaban J connectivity index is 1.47. The largest absolute Gasteiger partial charge is 0.454 e. The lowest BCUT2D eigenvalue weighted by Gasteiger charge is -2.22. The molecule has 236 valence electrons. The van der Waals surface area contributed by atoms with Crippen molar-refractivity contribution >= 4 is 39.0 Å². The van der Waals surface area contributed by atoms with Gasteiger partial charge in [0.15, 0.2) is 28.0 Å². The molecule has 3 aromatic rings. The minimum Gasteiger partial charge on any atom is -0.454 e. The summed E-state index contributed by atoms with van der Waals surface area (Å²) >= 11 is 6.01. The predicted octanol–water partition coefficient (Wildman–Crippen LogP) is 5.76. The number of Topliss-reactive ketones (excluding diaryl/α,β-unsaturated/α-hetero) is 2. The van der Waals surface area contributed by atoms with E-state index >= 15 is 0 Å². The number of nitrogens with one attached hydrogen (secondary N) is 1. The van der Waals surface area contributed by atoms with Crippen LogP contribution in [0, 0.1) is 5.41 Å². The Morgan fingerprint density at radius 2 is 1.64 bits per heavy atom. The van der Waals surface area contributed by atoms with Gasteiger partial charge >= 0.3 is 12.2 Å². The van der Waals surface area contributed by atoms with E-state index in [9.17, 15) is 31.2 Å². The van der Waals surface area contributed by atoms with Crippen molar-refractivity contribution < 1.29 is 35.9 Å². The Kier molecular flexibility index (Phi) is 9.69. The molecule has 44 heavy (non-hydrogen) atoms. The Morgan fingerprint density at radius 1 is 1.00 bits per heavy atom. The zero-order chi connectivity index (χ0) is 32.3. The van der Waals surface area contributed by atoms with Crippen molar-refractivity contribution in [3.8, 4) is 6.01 Å². The van der Waals surface area contributed by atoms with Gasteiger partial charge in [0, 0.05) is 35.1 Å². The molecular weight excluding hydrogens is 621 g/mol. The molecule has 0 atom stereocenters. The fraction of sp³-hybridized carbons (Fsp3) is 0.433. The number of alkyl halides is 3. The van der Waals surface area contributed by atoms with E-state index in [2.05, 4.69) is 20.3 Å². The van der Waals surface area contributed by atoms with Gasteiger partial charge in [0.2, 0.25) is 5.95 Å². The smallest absolute Gasteiger partial charge is 0.422 e. The summed E-state index contributed by atoms with van der Waals surface area (Å²) in [4.78, 5) is 37.8. The number of sulfone groups is 1. The standard InChI is InChI=1S/C30H32ClF3N4O5S/c1-28(2,24(40)17-44(3,41)42)13-12-23(39)20-6-4-19(5-7-20)16-25-35-26(37-27(36-25)43-18-30(32,33)34)38-29(14-15-29)21-8-10-22(31)11-9-21/h4-11H,12-18H2,1-3H3,(H,35,36,37,38). The summed E-state index contributed by atoms with van der Waals surface area (Å²) in [5, 5.41) is 3.81. The Labute approximate surface area is 258 Å². The van der Waals surface area contributed by atoms with Crippen LogP contribution in [0.15, 0.2) is 48.5 Å². The van der Waals surface area contributed by atoms with Crippen LogP contribution in [0.4, 0.5) is 19.1 Å². The van der Waals surface area contributed by atoms with E-state index in [0.29, 0.717) is 16.1 Å². The normalized spacial score (nSPS) is 14.6. The molecule has 14 heteroatoms. The molecule has 4 rings (SSSR count). The molecule has 0 aliphatic heterocycles. The molecule has 2 aromatic carbocycles. The number of carbonyl (C=O) groups excluding carboxylic acids is 2. The van der Waals surface area contributed by atoms with Crippen LogP contribution in [-0.2, 0) is 26.6 Å². The molecule has 0 saturated heterocycles. The maximum Gasteiger partial charge on any atom is 0.422 e. The highest BCUT2D eigenvalue weighted by atomic mass is 35.5. The van der Waals surface area contributed by atoms with Gasteiger partial charge in [0.25, 0.3) is 0 Å². The first kappa shape index (κ1) is 33.3. The number of nitrogens with zero attached hydrogens (tertiary/aromatic N) is 3. The average Bonchev–Trinajstić information content (AvgIpc) is 3.70. The molecule has 0 bridgehead atoms. The number of ether oxygens (including phenoxy) is 1. The highest BCUT2D eigenvalue weighted by molar-refractivity contribution is 7.91. The number of ketones is 2. The summed E-state index contributed by atoms with van der Waals surface area (Å²) in [6, 6.07) is 13.3. The van der Waals surface area contributed by atoms with Crippen LogP contribution in [0.3, 0.4) is 0 Å². The summed E-state index contributed by atoms with van der Waals surface area (Å²) < 4.78 is 66.4. The van der Waals surface area contributed by atoms with Gasteiger partial charge in [0.1, 0.15) is 11.6 Å². The zero-order valence-electron chi connectivity index (χ0n) is 24.4. The van der Waals surface area contributed by atoms with E-state index < -0.39 is 51.1 Å². The molecule has 1 aliphatic carbocycles. The molecule has 9 nitrogen and oxygen atoms in total. The fourth-order valence-corrected chi connectivity index (χ4v) is 5.47. The van der Waals surface area contributed by atoms with Crippen LogP contribution in [0.5, 0.6) is 6.01 Å². The molecule has 0 unspecified atom stereocenters. The van der Waals surface area contributed by atoms with Crippen LogP contribution in [-0.4, -0.2) is 59.7 Å². The number of hydrogen-bond donors (Lipinski definition) is 1. The molecule has 1 heterocycles. The first-order valence-electron chi connectivity index (χ1n) is 13.8. The second kappa shape index (κ2) is 12.8. The first-order valence-corrected chi connectivity index (χ1v) is 16.2. The first-order chi connectivity index (χ1) is 20.4. The SMILES string of the molecule is CC(C)(CCC(=O)c1ccc(Cc2nc(NC3(c4ccc(Cl)cc4)CC3)nc(OCC(F)(F)F)n2)cc1)C(=O)CS(C)(=O)=O. The Bertz CT molecular complexity index is 1630. The molecule has 1 aliphatic rings. The van der Waals surface area contributed by atoms with E-state index in [1.165, 1.54) is 0 Å². The van der Waals surface area contributed by atoms with Crippen molar-refractivity contribution in [2.24, 2.45) is 5.41 Å². The molecule has 1 aromatic heterocycles. The molecule has 1 N–H and O–H groups in total. The molecule has 1 saturated carbocycles. The van der Waals surface area contributed by atoms with Crippen molar-refractivity contribution in [3.05, 3.63) is 76.1 Å². The number of aromatic nitrogens is 3. The van der Waals surface area contributed by atoms with Crippen molar-refractivity contribution in [1.29, 1.82) is 0 Å². The number of carbonyl (C=O) groups is 2. The van der Waals surface area contributed by atoms with E-state index in [1.807, 2.05) is 12.1 Å². The summed E-state index contributed by atoms with van der Waals surface area (Å²) in [5.74, 6) is -1.02. The number of hydrogen-bond acceptors (Lipinski definition) is 9. The van der Waals surface area contributed by atoms with E-state index in [1.54, 1.807) is 50.2 Å². The Hall–Kier alpha value is -3.58. The number of rotatable bonds is 14. The third kappa shape index (κ3) is 9.46. The third-order valence-electron chi connectivity index (χ3n) is 7.29. The van der Waals surface area contributed by atoms with Gasteiger partial charge < -0.3 is 10.1 Å². The third-order valence-corrected chi connectivity index (χ3v) is 8.33. The van der Waals surface area contributed by atoms with Crippen molar-refractivity contribution in [2.45, 2.75) is 57.7 Å². The maximum atomic E-state index is 12.9. The average molecular weight is 653 g/mol.